The van der Waals surface area contributed by atoms with Gasteiger partial charge in [-0.1, -0.05) is 6.07 Å². The summed E-state index contributed by atoms with van der Waals surface area (Å²) in [6, 6.07) is 4.71. The first kappa shape index (κ1) is 22.1. The second-order valence-electron chi connectivity index (χ2n) is 8.23. The molecule has 4 rings (SSSR count). The van der Waals surface area contributed by atoms with Crippen LogP contribution in [0.4, 0.5) is 13.2 Å². The molecule has 0 spiro atoms. The number of carbonyl (C=O) groups excluding carboxylic acids is 1. The smallest absolute Gasteiger partial charge is 0.361 e. The second-order valence-corrected chi connectivity index (χ2v) is 9.94. The lowest BCUT2D eigenvalue weighted by molar-refractivity contribution is -0.169. The van der Waals surface area contributed by atoms with Crippen LogP contribution in [0.3, 0.4) is 0 Å². The lowest BCUT2D eigenvalue weighted by Gasteiger charge is -2.38. The summed E-state index contributed by atoms with van der Waals surface area (Å²) in [7, 11) is -3.71. The van der Waals surface area contributed by atoms with Gasteiger partial charge in [0.05, 0.1) is 4.90 Å². The summed E-state index contributed by atoms with van der Waals surface area (Å²) < 4.78 is 67.1. The number of aromatic nitrogens is 1. The zero-order chi connectivity index (χ0) is 22.2. The molecule has 1 saturated heterocycles. The predicted octanol–water partition coefficient (Wildman–Crippen LogP) is 2.37. The molecule has 2 aliphatic rings. The monoisotopic (exact) mass is 458 g/mol. The molecule has 1 aromatic carbocycles. The Labute approximate surface area is 178 Å². The molecule has 1 aliphatic heterocycles. The minimum absolute atomic E-state index is 0.107. The van der Waals surface area contributed by atoms with Gasteiger partial charge in [0.15, 0.2) is 0 Å². The number of carbonyl (C=O) groups is 1. The van der Waals surface area contributed by atoms with E-state index < -0.39 is 22.2 Å². The van der Waals surface area contributed by atoms with Crippen molar-refractivity contribution in [3.63, 3.8) is 0 Å². The minimum Gasteiger partial charge on any atom is -0.361 e. The summed E-state index contributed by atoms with van der Waals surface area (Å²) in [6.07, 6.45) is -0.824. The van der Waals surface area contributed by atoms with Crippen molar-refractivity contribution in [3.05, 3.63) is 30.5 Å². The highest BCUT2D eigenvalue weighted by molar-refractivity contribution is 7.89. The third-order valence-electron chi connectivity index (χ3n) is 6.12. The topological polar surface area (TPSA) is 94.3 Å². The fraction of sp³-hybridized carbons (Fsp3) is 0.550. The van der Waals surface area contributed by atoms with Gasteiger partial charge >= 0.3 is 6.18 Å². The number of piperazine rings is 1. The maximum Gasteiger partial charge on any atom is 0.405 e. The van der Waals surface area contributed by atoms with Gasteiger partial charge in [-0.05, 0) is 49.3 Å². The summed E-state index contributed by atoms with van der Waals surface area (Å²) in [5.74, 6) is -0.641. The molecule has 2 aromatic rings. The molecule has 2 heterocycles. The van der Waals surface area contributed by atoms with Crippen LogP contribution in [0.25, 0.3) is 10.9 Å². The van der Waals surface area contributed by atoms with Crippen molar-refractivity contribution in [1.82, 2.24) is 19.9 Å². The van der Waals surface area contributed by atoms with Crippen molar-refractivity contribution in [2.24, 2.45) is 5.92 Å². The first-order chi connectivity index (χ1) is 14.6. The largest absolute Gasteiger partial charge is 0.405 e. The van der Waals surface area contributed by atoms with Crippen molar-refractivity contribution in [3.8, 4) is 0 Å². The number of nitrogens with zero attached hydrogens (tertiary/aromatic N) is 1. The Morgan fingerprint density at radius 1 is 1.13 bits per heavy atom. The highest BCUT2D eigenvalue weighted by Crippen LogP contribution is 2.29. The van der Waals surface area contributed by atoms with Gasteiger partial charge in [0.25, 0.3) is 0 Å². The van der Waals surface area contributed by atoms with Crippen molar-refractivity contribution < 1.29 is 26.4 Å². The number of halogens is 3. The number of rotatable bonds is 4. The molecule has 1 aliphatic carbocycles. The molecular formula is C20H25F3N4O3S. The van der Waals surface area contributed by atoms with Gasteiger partial charge < -0.3 is 15.2 Å². The molecule has 0 radical (unpaired) electrons. The van der Waals surface area contributed by atoms with E-state index in [0.29, 0.717) is 25.7 Å². The van der Waals surface area contributed by atoms with E-state index in [1.54, 1.807) is 24.4 Å². The van der Waals surface area contributed by atoms with Gasteiger partial charge in [-0.3, -0.25) is 4.79 Å². The summed E-state index contributed by atoms with van der Waals surface area (Å²) in [5, 5.41) is 3.32. The van der Waals surface area contributed by atoms with Crippen molar-refractivity contribution >= 4 is 26.8 Å². The van der Waals surface area contributed by atoms with Crippen LogP contribution >= 0.6 is 0 Å². The van der Waals surface area contributed by atoms with Crippen LogP contribution in [-0.4, -0.2) is 62.1 Å². The van der Waals surface area contributed by atoms with E-state index in [1.807, 2.05) is 6.07 Å². The number of benzene rings is 1. The average Bonchev–Trinajstić information content (AvgIpc) is 3.21. The Balaban J connectivity index is 1.33. The van der Waals surface area contributed by atoms with Crippen LogP contribution in [0.5, 0.6) is 0 Å². The Morgan fingerprint density at radius 2 is 1.87 bits per heavy atom. The van der Waals surface area contributed by atoms with Crippen molar-refractivity contribution in [2.75, 3.05) is 19.6 Å². The van der Waals surface area contributed by atoms with Crippen LogP contribution in [0, 0.1) is 5.92 Å². The van der Waals surface area contributed by atoms with Crippen molar-refractivity contribution in [2.45, 2.75) is 48.8 Å². The fourth-order valence-electron chi connectivity index (χ4n) is 4.37. The Hall–Kier alpha value is -2.11. The summed E-state index contributed by atoms with van der Waals surface area (Å²) in [5.41, 5.74) is 0.727. The van der Waals surface area contributed by atoms with Crippen LogP contribution in [0.15, 0.2) is 35.4 Å². The first-order valence-corrected chi connectivity index (χ1v) is 11.8. The number of sulfonamides is 1. The van der Waals surface area contributed by atoms with E-state index >= 15 is 0 Å². The average molecular weight is 459 g/mol. The van der Waals surface area contributed by atoms with Gasteiger partial charge in [-0.15, -0.1) is 0 Å². The highest BCUT2D eigenvalue weighted by Gasteiger charge is 2.43. The lowest BCUT2D eigenvalue weighted by atomic mass is 9.85. The zero-order valence-electron chi connectivity index (χ0n) is 16.8. The standard InChI is InChI=1S/C20H25F3N4O3S/c21-20(22,23)18-12-27(10-9-25-18)19(28)14-1-4-15(5-2-14)26-31(29,30)16-6-3-13-7-8-24-17(13)11-16/h3,6-8,11,14-15,18,24-26H,1-2,4-5,9-10,12H2/t14-,15-,18?. The van der Waals surface area contributed by atoms with Gasteiger partial charge in [-0.2, -0.15) is 13.2 Å². The van der Waals surface area contributed by atoms with Gasteiger partial charge in [0, 0.05) is 43.3 Å². The molecule has 11 heteroatoms. The third-order valence-corrected chi connectivity index (χ3v) is 7.64. The van der Waals surface area contributed by atoms with Gasteiger partial charge in [-0.25, -0.2) is 13.1 Å². The van der Waals surface area contributed by atoms with E-state index in [1.165, 1.54) is 4.90 Å². The second kappa shape index (κ2) is 8.44. The molecule has 1 amide bonds. The first-order valence-electron chi connectivity index (χ1n) is 10.3. The molecule has 170 valence electrons. The number of H-pyrrole nitrogens is 1. The number of hydrogen-bond donors (Lipinski definition) is 3. The maximum atomic E-state index is 13.0. The van der Waals surface area contributed by atoms with E-state index in [0.717, 1.165) is 10.9 Å². The summed E-state index contributed by atoms with van der Waals surface area (Å²) >= 11 is 0. The maximum absolute atomic E-state index is 13.0. The third kappa shape index (κ3) is 4.88. The predicted molar refractivity (Wildman–Crippen MR) is 109 cm³/mol. The number of nitrogens with one attached hydrogen (secondary N) is 3. The minimum atomic E-state index is -4.39. The number of alkyl halides is 3. The molecule has 2 fully saturated rings. The van der Waals surface area contributed by atoms with E-state index in [9.17, 15) is 26.4 Å². The number of aromatic amines is 1. The lowest BCUT2D eigenvalue weighted by Crippen LogP contribution is -2.59. The Bertz CT molecular complexity index is 1050. The molecule has 3 N–H and O–H groups in total. The molecule has 1 unspecified atom stereocenters. The van der Waals surface area contributed by atoms with Crippen LogP contribution < -0.4 is 10.0 Å². The molecule has 7 nitrogen and oxygen atoms in total. The van der Waals surface area contributed by atoms with Crippen LogP contribution in [0.1, 0.15) is 25.7 Å². The molecular weight excluding hydrogens is 433 g/mol. The summed E-state index contributed by atoms with van der Waals surface area (Å²) in [4.78, 5) is 17.2. The summed E-state index contributed by atoms with van der Waals surface area (Å²) in [6.45, 7) is -0.0223. The number of amides is 1. The van der Waals surface area contributed by atoms with Crippen molar-refractivity contribution in [1.29, 1.82) is 0 Å². The number of fused-ring (bicyclic) bond motifs is 1. The highest BCUT2D eigenvalue weighted by atomic mass is 32.2. The van der Waals surface area contributed by atoms with E-state index in [4.69, 9.17) is 0 Å². The molecule has 1 aromatic heterocycles. The van der Waals surface area contributed by atoms with Gasteiger partial charge in [0.1, 0.15) is 6.04 Å². The molecule has 1 atom stereocenters. The van der Waals surface area contributed by atoms with E-state index in [-0.39, 0.29) is 42.4 Å². The van der Waals surface area contributed by atoms with Gasteiger partial charge in [0.2, 0.25) is 15.9 Å². The molecule has 0 bridgehead atoms. The number of hydrogen-bond acceptors (Lipinski definition) is 4. The normalized spacial score (nSPS) is 25.6. The quantitative estimate of drug-likeness (QED) is 0.656. The Morgan fingerprint density at radius 3 is 2.58 bits per heavy atom. The molecule has 1 saturated carbocycles. The van der Waals surface area contributed by atoms with Crippen LogP contribution in [-0.2, 0) is 14.8 Å². The zero-order valence-corrected chi connectivity index (χ0v) is 17.6. The van der Waals surface area contributed by atoms with Crippen LogP contribution in [0.2, 0.25) is 0 Å². The Kier molecular flexibility index (Phi) is 6.01. The SMILES string of the molecule is O=C([C@H]1CC[C@H](NS(=O)(=O)c2ccc3cc[nH]c3c2)CC1)N1CCNC(C(F)(F)F)C1. The molecule has 31 heavy (non-hydrogen) atoms. The van der Waals surface area contributed by atoms with E-state index in [2.05, 4.69) is 15.0 Å². The fourth-order valence-corrected chi connectivity index (χ4v) is 5.70.